The van der Waals surface area contributed by atoms with Gasteiger partial charge >= 0.3 is 29.6 Å². The van der Waals surface area contributed by atoms with Gasteiger partial charge < -0.3 is 12.9 Å². The number of rotatable bonds is 5. The Morgan fingerprint density at radius 3 is 1.92 bits per heavy atom. The molecule has 2 aromatic carbocycles. The minimum Gasteiger partial charge on any atom is -1.00 e. The van der Waals surface area contributed by atoms with E-state index in [0.717, 1.165) is 32.9 Å². The number of benzene rings is 2. The summed E-state index contributed by atoms with van der Waals surface area (Å²) in [5, 5.41) is 0. The monoisotopic (exact) mass is 613 g/mol. The molecule has 6 radical (unpaired) electrons. The molecular weight excluding hydrogens is 587 g/mol. The number of aliphatic imine (C=N–C) groups is 1. The van der Waals surface area contributed by atoms with Crippen LogP contribution < -0.4 is 41.0 Å². The van der Waals surface area contributed by atoms with E-state index < -0.39 is 0 Å². The van der Waals surface area contributed by atoms with Gasteiger partial charge in [-0.3, -0.25) is 4.99 Å². The molecule has 10 heteroatoms. The molecule has 0 amide bonds. The van der Waals surface area contributed by atoms with Crippen molar-refractivity contribution >= 4 is 72.2 Å². The average Bonchev–Trinajstić information content (AvgIpc) is 2.82. The molecule has 0 aliphatic rings. The molecule has 0 fully saturated rings. The van der Waals surface area contributed by atoms with Crippen LogP contribution in [0.15, 0.2) is 99.1 Å². The van der Waals surface area contributed by atoms with Crippen LogP contribution in [0.1, 0.15) is 25.5 Å². The number of nitrogens with zero attached hydrogens (tertiary/aromatic N) is 3. The van der Waals surface area contributed by atoms with Gasteiger partial charge in [0.1, 0.15) is 17.3 Å². The van der Waals surface area contributed by atoms with Crippen LogP contribution >= 0.6 is 31.9 Å². The van der Waals surface area contributed by atoms with Crippen molar-refractivity contribution in [3.63, 3.8) is 0 Å². The van der Waals surface area contributed by atoms with E-state index >= 15 is 0 Å². The van der Waals surface area contributed by atoms with Gasteiger partial charge in [-0.05, 0) is 73.5 Å². The molecule has 0 atom stereocenters. The smallest absolute Gasteiger partial charge is 1.00 e. The van der Waals surface area contributed by atoms with Crippen LogP contribution in [0.5, 0.6) is 0 Å². The third-order valence-corrected chi connectivity index (χ3v) is 5.38. The van der Waals surface area contributed by atoms with E-state index in [2.05, 4.69) is 71.1 Å². The van der Waals surface area contributed by atoms with Crippen molar-refractivity contribution < 1.29 is 31.0 Å². The predicted molar refractivity (Wildman–Crippen MR) is 160 cm³/mol. The number of aromatic nitrogens is 2. The third-order valence-electron chi connectivity index (χ3n) is 4.51. The van der Waals surface area contributed by atoms with Gasteiger partial charge in [0, 0.05) is 44.4 Å². The van der Waals surface area contributed by atoms with Gasteiger partial charge in [-0.1, -0.05) is 68.1 Å². The van der Waals surface area contributed by atoms with E-state index in [9.17, 15) is 0 Å². The Morgan fingerprint density at radius 2 is 1.31 bits per heavy atom. The van der Waals surface area contributed by atoms with E-state index in [-0.39, 0.29) is 55.2 Å². The topological polar surface area (TPSA) is 90.2 Å². The second kappa shape index (κ2) is 19.2. The summed E-state index contributed by atoms with van der Waals surface area (Å²) in [6, 6.07) is 24.1. The Balaban J connectivity index is -0.000000550. The van der Waals surface area contributed by atoms with Gasteiger partial charge in [-0.25, -0.2) is 9.97 Å². The SMILES string of the molecule is C.Nc1ncc(Br)cc1CCc1ccccc1.Nc1ncc(Br)cc1N=Cc1ccccc1.[B].[B].[H-].[Na+]. The number of halogens is 2. The van der Waals surface area contributed by atoms with Crippen molar-refractivity contribution in [1.29, 1.82) is 0 Å². The van der Waals surface area contributed by atoms with Crippen LogP contribution in [-0.2, 0) is 12.8 Å². The van der Waals surface area contributed by atoms with Crippen molar-refractivity contribution in [2.45, 2.75) is 20.3 Å². The van der Waals surface area contributed by atoms with E-state index in [1.54, 1.807) is 18.6 Å². The zero-order valence-electron chi connectivity index (χ0n) is 20.5. The van der Waals surface area contributed by atoms with Gasteiger partial charge in [-0.2, -0.15) is 0 Å². The predicted octanol–water partition coefficient (Wildman–Crippen LogP) is 3.38. The summed E-state index contributed by atoms with van der Waals surface area (Å²) in [6.45, 7) is 0. The van der Waals surface area contributed by atoms with Crippen LogP contribution in [-0.4, -0.2) is 33.0 Å². The van der Waals surface area contributed by atoms with Crippen molar-refractivity contribution in [3.05, 3.63) is 111 Å². The Labute approximate surface area is 258 Å². The minimum atomic E-state index is 0. The van der Waals surface area contributed by atoms with Gasteiger partial charge in [0.2, 0.25) is 0 Å². The summed E-state index contributed by atoms with van der Waals surface area (Å²) >= 11 is 6.74. The quantitative estimate of drug-likeness (QED) is 0.267. The fourth-order valence-corrected chi connectivity index (χ4v) is 3.54. The van der Waals surface area contributed by atoms with Gasteiger partial charge in [0.15, 0.2) is 0 Å². The van der Waals surface area contributed by atoms with E-state index in [1.165, 1.54) is 5.56 Å². The fraction of sp³-hybridized carbons (Fsp3) is 0.115. The first-order chi connectivity index (χ1) is 15.5. The minimum absolute atomic E-state index is 0. The molecule has 0 bridgehead atoms. The molecule has 5 nitrogen and oxygen atoms in total. The number of nitrogen functional groups attached to an aromatic ring is 2. The Morgan fingerprint density at radius 1 is 0.778 bits per heavy atom. The van der Waals surface area contributed by atoms with Crippen molar-refractivity contribution in [3.8, 4) is 0 Å². The van der Waals surface area contributed by atoms with Crippen molar-refractivity contribution in [2.75, 3.05) is 11.5 Å². The van der Waals surface area contributed by atoms with Crippen LogP contribution in [0.2, 0.25) is 0 Å². The zero-order valence-corrected chi connectivity index (χ0v) is 24.7. The zero-order chi connectivity index (χ0) is 22.8. The molecule has 0 saturated heterocycles. The van der Waals surface area contributed by atoms with Crippen LogP contribution in [0.3, 0.4) is 0 Å². The summed E-state index contributed by atoms with van der Waals surface area (Å²) < 4.78 is 1.84. The second-order valence-electron chi connectivity index (χ2n) is 6.91. The molecular formula is C26H28B2Br2N5Na. The Hall–Kier alpha value is -1.90. The van der Waals surface area contributed by atoms with Gasteiger partial charge in [0.25, 0.3) is 0 Å². The van der Waals surface area contributed by atoms with Crippen LogP contribution in [0.25, 0.3) is 0 Å². The summed E-state index contributed by atoms with van der Waals surface area (Å²) in [5.41, 5.74) is 15.6. The van der Waals surface area contributed by atoms with Crippen molar-refractivity contribution in [1.82, 2.24) is 9.97 Å². The first kappa shape index (κ1) is 36.3. The molecule has 0 aliphatic heterocycles. The molecule has 4 rings (SSSR count). The van der Waals surface area contributed by atoms with Gasteiger partial charge in [0.05, 0.1) is 0 Å². The molecule has 0 saturated carbocycles. The maximum absolute atomic E-state index is 5.82. The van der Waals surface area contributed by atoms with E-state index in [4.69, 9.17) is 11.5 Å². The average molecular weight is 615 g/mol. The summed E-state index contributed by atoms with van der Waals surface area (Å²) in [4.78, 5) is 12.4. The van der Waals surface area contributed by atoms with E-state index in [0.29, 0.717) is 17.3 Å². The Kier molecular flexibility index (Phi) is 19.4. The normalized spacial score (nSPS) is 9.39. The number of hydrogen-bond donors (Lipinski definition) is 2. The summed E-state index contributed by atoms with van der Waals surface area (Å²) in [5.74, 6) is 1.05. The number of anilines is 2. The molecule has 0 spiro atoms. The number of aryl methyl sites for hydroxylation is 2. The molecule has 36 heavy (non-hydrogen) atoms. The number of nitrogens with two attached hydrogens (primary N) is 2. The molecule has 2 heterocycles. The van der Waals surface area contributed by atoms with Crippen molar-refractivity contribution in [2.24, 2.45) is 4.99 Å². The largest absolute Gasteiger partial charge is 1.00 e. The summed E-state index contributed by atoms with van der Waals surface area (Å²) in [6.07, 6.45) is 7.05. The maximum Gasteiger partial charge on any atom is 1.00 e. The van der Waals surface area contributed by atoms with Crippen LogP contribution in [0.4, 0.5) is 17.3 Å². The first-order valence-electron chi connectivity index (χ1n) is 9.95. The molecule has 4 aromatic rings. The van der Waals surface area contributed by atoms with E-state index in [1.807, 2.05) is 48.5 Å². The third kappa shape index (κ3) is 12.4. The number of pyridine rings is 2. The molecule has 2 aromatic heterocycles. The fourth-order valence-electron chi connectivity index (χ4n) is 2.84. The Bertz CT molecular complexity index is 1190. The molecule has 4 N–H and O–H groups in total. The number of hydrogen-bond acceptors (Lipinski definition) is 5. The first-order valence-corrected chi connectivity index (χ1v) is 11.5. The second-order valence-corrected chi connectivity index (χ2v) is 8.74. The maximum atomic E-state index is 5.82. The molecule has 178 valence electrons. The molecule has 0 unspecified atom stereocenters. The van der Waals surface area contributed by atoms with Gasteiger partial charge in [-0.15, -0.1) is 0 Å². The standard InChI is InChI=1S/C13H13BrN2.C12H10BrN3.CH4.2B.Na.H/c14-12-8-11(13(15)16-9-12)7-6-10-4-2-1-3-5-10;13-10-6-11(12(14)16-8-10)15-7-9-4-2-1-3-5-9;;;;;/h1-5,8-9H,6-7H2,(H2,15,16);1-8H,(H2,14,16);1H4;;;;/q;;;;;+1;-1. The molecule has 0 aliphatic carbocycles. The summed E-state index contributed by atoms with van der Waals surface area (Å²) in [7, 11) is 0. The van der Waals surface area contributed by atoms with Crippen LogP contribution in [0, 0.1) is 0 Å².